The highest BCUT2D eigenvalue weighted by Gasteiger charge is 2.60. The van der Waals surface area contributed by atoms with Crippen LogP contribution in [0, 0.1) is 52.3 Å². The minimum Gasteiger partial charge on any atom is -0.393 e. The van der Waals surface area contributed by atoms with E-state index in [1.54, 1.807) is 5.57 Å². The van der Waals surface area contributed by atoms with Gasteiger partial charge < -0.3 is 5.11 Å². The van der Waals surface area contributed by atoms with E-state index in [0.717, 1.165) is 48.3 Å². The third-order valence-corrected chi connectivity index (χ3v) is 10.4. The Kier molecular flexibility index (Phi) is 4.66. The Morgan fingerprint density at radius 3 is 2.50 bits per heavy atom. The van der Waals surface area contributed by atoms with Gasteiger partial charge in [0, 0.05) is 0 Å². The van der Waals surface area contributed by atoms with Crippen LogP contribution < -0.4 is 0 Å². The third-order valence-electron chi connectivity index (χ3n) is 10.4. The molecule has 0 bridgehead atoms. The van der Waals surface area contributed by atoms with Gasteiger partial charge in [0.2, 0.25) is 0 Å². The minimum absolute atomic E-state index is 0.0996. The number of aliphatic hydroxyl groups excluding tert-OH is 1. The van der Waals surface area contributed by atoms with Crippen molar-refractivity contribution in [1.82, 2.24) is 0 Å². The van der Waals surface area contributed by atoms with Gasteiger partial charge >= 0.3 is 0 Å². The molecular formula is C25H42O. The Morgan fingerprint density at radius 2 is 1.81 bits per heavy atom. The van der Waals surface area contributed by atoms with Crippen molar-refractivity contribution in [2.45, 2.75) is 92.6 Å². The first kappa shape index (κ1) is 19.0. The van der Waals surface area contributed by atoms with Gasteiger partial charge in [0.25, 0.3) is 0 Å². The molecule has 4 aliphatic carbocycles. The van der Waals surface area contributed by atoms with E-state index in [-0.39, 0.29) is 6.10 Å². The molecule has 9 atom stereocenters. The number of fused-ring (bicyclic) bond motifs is 5. The molecule has 4 aliphatic rings. The van der Waals surface area contributed by atoms with Gasteiger partial charge in [-0.05, 0) is 97.2 Å². The van der Waals surface area contributed by atoms with Crippen LogP contribution in [0.3, 0.4) is 0 Å². The molecular weight excluding hydrogens is 316 g/mol. The van der Waals surface area contributed by atoms with E-state index in [0.29, 0.717) is 16.7 Å². The molecule has 0 amide bonds. The highest BCUT2D eigenvalue weighted by atomic mass is 16.3. The van der Waals surface area contributed by atoms with Gasteiger partial charge in [-0.3, -0.25) is 0 Å². The standard InChI is InChI=1S/C25H42O/c1-15(2)17(4)21-9-10-22-20-8-7-18-14-19(26)13-16(3)25(18,6)23(20)11-12-24(21,22)5/h7,15-17,19-23,26H,8-14H2,1-6H3/t16-,17?,19+,20?,21-,22+,23?,24-,25+/m1/s1. The summed E-state index contributed by atoms with van der Waals surface area (Å²) in [6, 6.07) is 0. The van der Waals surface area contributed by atoms with Crippen molar-refractivity contribution in [2.75, 3.05) is 0 Å². The SMILES string of the molecule is CC(C)C(C)[C@H]1CC[C@H]2C3CC=C4C[C@@H](O)C[C@@H](C)[C@]4(C)C3CC[C@]12C. The van der Waals surface area contributed by atoms with Gasteiger partial charge in [-0.1, -0.05) is 53.2 Å². The normalized spacial score (nSPS) is 52.1. The quantitative estimate of drug-likeness (QED) is 0.561. The van der Waals surface area contributed by atoms with E-state index in [2.05, 4.69) is 47.6 Å². The lowest BCUT2D eigenvalue weighted by molar-refractivity contribution is -0.0773. The molecule has 3 saturated carbocycles. The van der Waals surface area contributed by atoms with Crippen LogP contribution in [0.2, 0.25) is 0 Å². The summed E-state index contributed by atoms with van der Waals surface area (Å²) in [5.74, 6) is 5.90. The molecule has 3 fully saturated rings. The first-order chi connectivity index (χ1) is 12.2. The molecule has 1 nitrogen and oxygen atoms in total. The van der Waals surface area contributed by atoms with Crippen molar-refractivity contribution in [3.8, 4) is 0 Å². The Hall–Kier alpha value is -0.300. The Bertz CT molecular complexity index is 577. The minimum atomic E-state index is -0.0996. The zero-order valence-electron chi connectivity index (χ0n) is 18.1. The van der Waals surface area contributed by atoms with Crippen LogP contribution in [-0.4, -0.2) is 11.2 Å². The average Bonchev–Trinajstić information content (AvgIpc) is 2.92. The smallest absolute Gasteiger partial charge is 0.0580 e. The van der Waals surface area contributed by atoms with Crippen LogP contribution in [0.4, 0.5) is 0 Å². The summed E-state index contributed by atoms with van der Waals surface area (Å²) >= 11 is 0. The van der Waals surface area contributed by atoms with Crippen molar-refractivity contribution in [1.29, 1.82) is 0 Å². The second kappa shape index (κ2) is 6.36. The van der Waals surface area contributed by atoms with Crippen LogP contribution in [0.5, 0.6) is 0 Å². The maximum Gasteiger partial charge on any atom is 0.0580 e. The van der Waals surface area contributed by atoms with Crippen LogP contribution in [0.1, 0.15) is 86.5 Å². The molecule has 1 heteroatoms. The fourth-order valence-electron chi connectivity index (χ4n) is 8.44. The van der Waals surface area contributed by atoms with E-state index >= 15 is 0 Å². The van der Waals surface area contributed by atoms with Crippen LogP contribution >= 0.6 is 0 Å². The van der Waals surface area contributed by atoms with Crippen molar-refractivity contribution in [2.24, 2.45) is 52.3 Å². The van der Waals surface area contributed by atoms with E-state index in [4.69, 9.17) is 0 Å². The summed E-state index contributed by atoms with van der Waals surface area (Å²) < 4.78 is 0. The van der Waals surface area contributed by atoms with Gasteiger partial charge in [0.15, 0.2) is 0 Å². The molecule has 0 radical (unpaired) electrons. The third kappa shape index (κ3) is 2.51. The summed E-state index contributed by atoms with van der Waals surface area (Å²) in [6.07, 6.45) is 11.5. The van der Waals surface area contributed by atoms with Crippen LogP contribution in [-0.2, 0) is 0 Å². The molecule has 148 valence electrons. The topological polar surface area (TPSA) is 20.2 Å². The summed E-state index contributed by atoms with van der Waals surface area (Å²) in [7, 11) is 0. The molecule has 1 N–H and O–H groups in total. The van der Waals surface area contributed by atoms with E-state index in [1.165, 1.54) is 32.1 Å². The van der Waals surface area contributed by atoms with Crippen LogP contribution in [0.15, 0.2) is 11.6 Å². The predicted octanol–water partition coefficient (Wildman–Crippen LogP) is 6.46. The Balaban J connectivity index is 1.65. The van der Waals surface area contributed by atoms with E-state index in [9.17, 15) is 5.11 Å². The molecule has 3 unspecified atom stereocenters. The van der Waals surface area contributed by atoms with Crippen molar-refractivity contribution >= 4 is 0 Å². The Morgan fingerprint density at radius 1 is 1.08 bits per heavy atom. The zero-order chi connectivity index (χ0) is 18.9. The number of rotatable bonds is 2. The van der Waals surface area contributed by atoms with Gasteiger partial charge in [-0.25, -0.2) is 0 Å². The predicted molar refractivity (Wildman–Crippen MR) is 110 cm³/mol. The molecule has 0 saturated heterocycles. The molecule has 0 aromatic carbocycles. The van der Waals surface area contributed by atoms with Gasteiger partial charge in [-0.15, -0.1) is 0 Å². The van der Waals surface area contributed by atoms with E-state index in [1.807, 2.05) is 0 Å². The number of aliphatic hydroxyl groups is 1. The molecule has 0 heterocycles. The molecule has 0 spiro atoms. The van der Waals surface area contributed by atoms with E-state index < -0.39 is 0 Å². The summed E-state index contributed by atoms with van der Waals surface area (Å²) in [6.45, 7) is 15.0. The maximum absolute atomic E-state index is 10.3. The lowest BCUT2D eigenvalue weighted by atomic mass is 9.45. The van der Waals surface area contributed by atoms with Crippen molar-refractivity contribution in [3.63, 3.8) is 0 Å². The largest absolute Gasteiger partial charge is 0.393 e. The summed E-state index contributed by atoms with van der Waals surface area (Å²) in [4.78, 5) is 0. The Labute approximate surface area is 162 Å². The van der Waals surface area contributed by atoms with Gasteiger partial charge in [0.1, 0.15) is 0 Å². The summed E-state index contributed by atoms with van der Waals surface area (Å²) in [5.41, 5.74) is 2.54. The zero-order valence-corrected chi connectivity index (χ0v) is 18.1. The lowest BCUT2D eigenvalue weighted by Crippen LogP contribution is -2.53. The molecule has 0 aromatic heterocycles. The highest BCUT2D eigenvalue weighted by molar-refractivity contribution is 5.26. The summed E-state index contributed by atoms with van der Waals surface area (Å²) in [5, 5.41) is 10.3. The van der Waals surface area contributed by atoms with Gasteiger partial charge in [-0.2, -0.15) is 0 Å². The fourth-order valence-corrected chi connectivity index (χ4v) is 8.44. The average molecular weight is 359 g/mol. The molecule has 26 heavy (non-hydrogen) atoms. The number of allylic oxidation sites excluding steroid dienone is 1. The first-order valence-electron chi connectivity index (χ1n) is 11.6. The second-order valence-electron chi connectivity index (χ2n) is 11.5. The molecule has 0 aliphatic heterocycles. The lowest BCUT2D eigenvalue weighted by Gasteiger charge is -2.60. The molecule has 4 rings (SSSR count). The highest BCUT2D eigenvalue weighted by Crippen LogP contribution is 2.68. The molecule has 0 aromatic rings. The first-order valence-corrected chi connectivity index (χ1v) is 11.6. The monoisotopic (exact) mass is 358 g/mol. The number of hydrogen-bond donors (Lipinski definition) is 1. The van der Waals surface area contributed by atoms with Crippen molar-refractivity contribution < 1.29 is 5.11 Å². The fraction of sp³-hybridized carbons (Fsp3) is 0.920. The second-order valence-corrected chi connectivity index (χ2v) is 11.5. The van der Waals surface area contributed by atoms with Crippen LogP contribution in [0.25, 0.3) is 0 Å². The number of hydrogen-bond acceptors (Lipinski definition) is 1. The van der Waals surface area contributed by atoms with Gasteiger partial charge in [0.05, 0.1) is 6.10 Å². The van der Waals surface area contributed by atoms with Crippen molar-refractivity contribution in [3.05, 3.63) is 11.6 Å². The maximum atomic E-state index is 10.3.